The molecule has 0 aromatic heterocycles. The van der Waals surface area contributed by atoms with Gasteiger partial charge in [0.05, 0.1) is 18.6 Å². The molecule has 0 unspecified atom stereocenters. The van der Waals surface area contributed by atoms with Crippen molar-refractivity contribution in [3.05, 3.63) is 69.7 Å². The Hall–Kier alpha value is -2.17. The summed E-state index contributed by atoms with van der Waals surface area (Å²) in [5, 5.41) is 11.7. The number of fused-ring (bicyclic) bond motifs is 1. The van der Waals surface area contributed by atoms with Crippen LogP contribution in [-0.2, 0) is 10.3 Å². The molecular weight excluding hydrogens is 316 g/mol. The van der Waals surface area contributed by atoms with Gasteiger partial charge in [-0.25, -0.2) is 4.79 Å². The van der Waals surface area contributed by atoms with Gasteiger partial charge in [-0.15, -0.1) is 0 Å². The maximum absolute atomic E-state index is 12.4. The highest BCUT2D eigenvalue weighted by molar-refractivity contribution is 6.30. The van der Waals surface area contributed by atoms with Crippen molar-refractivity contribution in [1.29, 1.82) is 0 Å². The fraction of sp³-hybridized carbons (Fsp3) is 0.222. The van der Waals surface area contributed by atoms with Gasteiger partial charge in [0.2, 0.25) is 0 Å². The lowest BCUT2D eigenvalue weighted by atomic mass is 9.81. The van der Waals surface area contributed by atoms with Crippen LogP contribution in [0.25, 0.3) is 0 Å². The number of hydrogen-bond acceptors (Lipinski definition) is 4. The lowest BCUT2D eigenvalue weighted by molar-refractivity contribution is 0.0349. The molecule has 2 aromatic carbocycles. The number of aliphatic hydroxyl groups is 1. The van der Waals surface area contributed by atoms with E-state index in [1.54, 1.807) is 49.4 Å². The van der Waals surface area contributed by atoms with E-state index in [9.17, 15) is 14.7 Å². The Morgan fingerprint density at radius 1 is 1.22 bits per heavy atom. The Kier molecular flexibility index (Phi) is 3.74. The lowest BCUT2D eigenvalue weighted by Crippen LogP contribution is -2.32. The second-order valence-electron chi connectivity index (χ2n) is 5.61. The topological polar surface area (TPSA) is 63.6 Å². The molecule has 5 heteroatoms. The van der Waals surface area contributed by atoms with Crippen molar-refractivity contribution in [2.45, 2.75) is 12.5 Å². The van der Waals surface area contributed by atoms with Crippen LogP contribution in [0.5, 0.6) is 0 Å². The van der Waals surface area contributed by atoms with Gasteiger partial charge in [0.15, 0.2) is 5.78 Å². The number of carbonyl (C=O) groups excluding carboxylic acids is 2. The molecule has 2 aromatic rings. The second-order valence-corrected chi connectivity index (χ2v) is 6.05. The van der Waals surface area contributed by atoms with Crippen molar-refractivity contribution < 1.29 is 19.4 Å². The van der Waals surface area contributed by atoms with Crippen LogP contribution in [-0.4, -0.2) is 24.0 Å². The molecule has 0 amide bonds. The SMILES string of the molecule is COC(=O)c1ccc([C@@]2(O)c3cc(Cl)ccc3C(=O)[C@H]2C)cc1. The summed E-state index contributed by atoms with van der Waals surface area (Å²) in [6.45, 7) is 1.68. The van der Waals surface area contributed by atoms with Gasteiger partial charge in [-0.05, 0) is 35.9 Å². The van der Waals surface area contributed by atoms with E-state index in [2.05, 4.69) is 4.74 Å². The third-order valence-electron chi connectivity index (χ3n) is 4.42. The van der Waals surface area contributed by atoms with Gasteiger partial charge in [0.1, 0.15) is 5.60 Å². The molecular formula is C18H15ClO4. The number of methoxy groups -OCH3 is 1. The highest BCUT2D eigenvalue weighted by Crippen LogP contribution is 2.46. The predicted octanol–water partition coefficient (Wildman–Crippen LogP) is 3.19. The third kappa shape index (κ3) is 2.26. The quantitative estimate of drug-likeness (QED) is 0.859. The van der Waals surface area contributed by atoms with E-state index in [1.165, 1.54) is 7.11 Å². The molecule has 1 aliphatic carbocycles. The van der Waals surface area contributed by atoms with Crippen LogP contribution in [0.2, 0.25) is 5.02 Å². The molecule has 0 aliphatic heterocycles. The standard InChI is InChI=1S/C18H15ClO4/c1-10-16(20)14-8-7-13(19)9-15(14)18(10,22)12-5-3-11(4-6-12)17(21)23-2/h3-10,22H,1-2H3/t10-,18-/m1/s1. The number of esters is 1. The van der Waals surface area contributed by atoms with Gasteiger partial charge < -0.3 is 9.84 Å². The van der Waals surface area contributed by atoms with Crippen molar-refractivity contribution in [3.8, 4) is 0 Å². The van der Waals surface area contributed by atoms with E-state index >= 15 is 0 Å². The number of carbonyl (C=O) groups is 2. The first-order valence-corrected chi connectivity index (χ1v) is 7.53. The summed E-state index contributed by atoms with van der Waals surface area (Å²) >= 11 is 6.04. The first-order valence-electron chi connectivity index (χ1n) is 7.15. The molecule has 0 saturated heterocycles. The van der Waals surface area contributed by atoms with E-state index in [4.69, 9.17) is 11.6 Å². The summed E-state index contributed by atoms with van der Waals surface area (Å²) in [4.78, 5) is 24.0. The molecule has 0 spiro atoms. The highest BCUT2D eigenvalue weighted by Gasteiger charge is 2.49. The Morgan fingerprint density at radius 2 is 1.87 bits per heavy atom. The number of hydrogen-bond donors (Lipinski definition) is 1. The molecule has 0 radical (unpaired) electrons. The summed E-state index contributed by atoms with van der Waals surface area (Å²) in [5.41, 5.74) is 0.413. The first-order chi connectivity index (χ1) is 10.9. The molecule has 3 rings (SSSR count). The van der Waals surface area contributed by atoms with Crippen molar-refractivity contribution in [1.82, 2.24) is 0 Å². The van der Waals surface area contributed by atoms with Crippen molar-refractivity contribution >= 4 is 23.4 Å². The number of benzene rings is 2. The predicted molar refractivity (Wildman–Crippen MR) is 85.7 cm³/mol. The molecule has 0 heterocycles. The van der Waals surface area contributed by atoms with Crippen LogP contribution in [0.15, 0.2) is 42.5 Å². The average Bonchev–Trinajstić information content (AvgIpc) is 2.76. The summed E-state index contributed by atoms with van der Waals surface area (Å²) < 4.78 is 4.66. The fourth-order valence-corrected chi connectivity index (χ4v) is 3.26. The molecule has 118 valence electrons. The minimum atomic E-state index is -1.47. The summed E-state index contributed by atoms with van der Waals surface area (Å²) in [6, 6.07) is 11.3. The van der Waals surface area contributed by atoms with Crippen LogP contribution in [0.4, 0.5) is 0 Å². The van der Waals surface area contributed by atoms with E-state index in [0.29, 0.717) is 27.3 Å². The van der Waals surface area contributed by atoms with Gasteiger partial charge >= 0.3 is 5.97 Å². The molecule has 1 aliphatic rings. The van der Waals surface area contributed by atoms with Crippen LogP contribution < -0.4 is 0 Å². The van der Waals surface area contributed by atoms with Gasteiger partial charge in [0, 0.05) is 16.1 Å². The van der Waals surface area contributed by atoms with Crippen LogP contribution in [0.3, 0.4) is 0 Å². The Morgan fingerprint density at radius 3 is 2.48 bits per heavy atom. The Bertz CT molecular complexity index is 797. The van der Waals surface area contributed by atoms with Crippen LogP contribution in [0, 0.1) is 5.92 Å². The Balaban J connectivity index is 2.13. The van der Waals surface area contributed by atoms with Gasteiger partial charge in [0.25, 0.3) is 0 Å². The maximum atomic E-state index is 12.4. The summed E-state index contributed by atoms with van der Waals surface area (Å²) in [6.07, 6.45) is 0. The van der Waals surface area contributed by atoms with Crippen LogP contribution >= 0.6 is 11.6 Å². The molecule has 0 fully saturated rings. The zero-order chi connectivity index (χ0) is 16.8. The number of ketones is 1. The number of Topliss-reactive ketones (excluding diaryl/α,β-unsaturated/α-hetero) is 1. The van der Waals surface area contributed by atoms with Crippen molar-refractivity contribution in [2.24, 2.45) is 5.92 Å². The first kappa shape index (κ1) is 15.7. The van der Waals surface area contributed by atoms with Crippen molar-refractivity contribution in [2.75, 3.05) is 7.11 Å². The molecule has 2 atom stereocenters. The summed E-state index contributed by atoms with van der Waals surface area (Å²) in [5.74, 6) is -1.22. The molecule has 0 bridgehead atoms. The van der Waals surface area contributed by atoms with E-state index < -0.39 is 17.5 Å². The minimum Gasteiger partial charge on any atom is -0.465 e. The average molecular weight is 331 g/mol. The maximum Gasteiger partial charge on any atom is 0.337 e. The van der Waals surface area contributed by atoms with Gasteiger partial charge in [-0.1, -0.05) is 30.7 Å². The molecule has 23 heavy (non-hydrogen) atoms. The molecule has 4 nitrogen and oxygen atoms in total. The monoisotopic (exact) mass is 330 g/mol. The van der Waals surface area contributed by atoms with Gasteiger partial charge in [-0.3, -0.25) is 4.79 Å². The number of ether oxygens (including phenoxy) is 1. The molecule has 0 saturated carbocycles. The second kappa shape index (κ2) is 5.48. The van der Waals surface area contributed by atoms with E-state index in [1.807, 2.05) is 0 Å². The largest absolute Gasteiger partial charge is 0.465 e. The fourth-order valence-electron chi connectivity index (χ4n) is 3.09. The summed E-state index contributed by atoms with van der Waals surface area (Å²) in [7, 11) is 1.31. The molecule has 1 N–H and O–H groups in total. The zero-order valence-electron chi connectivity index (χ0n) is 12.7. The van der Waals surface area contributed by atoms with Crippen molar-refractivity contribution in [3.63, 3.8) is 0 Å². The van der Waals surface area contributed by atoms with Crippen LogP contribution in [0.1, 0.15) is 38.8 Å². The zero-order valence-corrected chi connectivity index (χ0v) is 13.4. The number of rotatable bonds is 2. The normalized spacial score (nSPS) is 22.8. The van der Waals surface area contributed by atoms with E-state index in [0.717, 1.165) is 0 Å². The lowest BCUT2D eigenvalue weighted by Gasteiger charge is -2.28. The van der Waals surface area contributed by atoms with E-state index in [-0.39, 0.29) is 5.78 Å². The third-order valence-corrected chi connectivity index (χ3v) is 4.66. The number of halogens is 1. The minimum absolute atomic E-state index is 0.129. The van der Waals surface area contributed by atoms with Gasteiger partial charge in [-0.2, -0.15) is 0 Å². The Labute approximate surface area is 138 Å². The highest BCUT2D eigenvalue weighted by atomic mass is 35.5. The smallest absolute Gasteiger partial charge is 0.337 e.